The smallest absolute Gasteiger partial charge is 0.334 e. The van der Waals surface area contributed by atoms with Crippen molar-refractivity contribution in [3.8, 4) is 5.69 Å². The lowest BCUT2D eigenvalue weighted by Gasteiger charge is -2.08. The molecule has 108 valence electrons. The zero-order valence-corrected chi connectivity index (χ0v) is 11.1. The molecule has 2 aromatic heterocycles. The zero-order chi connectivity index (χ0) is 15.2. The predicted octanol–water partition coefficient (Wildman–Crippen LogP) is -0.351. The molecule has 0 aliphatic rings. The quantitative estimate of drug-likeness (QED) is 0.553. The summed E-state index contributed by atoms with van der Waals surface area (Å²) in [6.07, 6.45) is 1.22. The fourth-order valence-electron chi connectivity index (χ4n) is 1.99. The third kappa shape index (κ3) is 2.06. The Labute approximate surface area is 116 Å². The molecule has 0 saturated carbocycles. The van der Waals surface area contributed by atoms with Crippen molar-refractivity contribution in [3.05, 3.63) is 51.4 Å². The van der Waals surface area contributed by atoms with Crippen LogP contribution >= 0.6 is 0 Å². The molecule has 0 aliphatic carbocycles. The van der Waals surface area contributed by atoms with E-state index >= 15 is 0 Å². The first-order valence-electron chi connectivity index (χ1n) is 5.65. The summed E-state index contributed by atoms with van der Waals surface area (Å²) in [5.41, 5.74) is -1.81. The van der Waals surface area contributed by atoms with E-state index in [1.54, 1.807) is 0 Å². The number of benzene rings is 1. The number of aromatic amines is 2. The van der Waals surface area contributed by atoms with Gasteiger partial charge in [0, 0.05) is 0 Å². The van der Waals surface area contributed by atoms with Crippen LogP contribution in [0.3, 0.4) is 0 Å². The Balaban J connectivity index is 2.48. The van der Waals surface area contributed by atoms with Gasteiger partial charge < -0.3 is 4.98 Å². The van der Waals surface area contributed by atoms with Gasteiger partial charge in [0.25, 0.3) is 15.7 Å². The van der Waals surface area contributed by atoms with Crippen molar-refractivity contribution in [1.82, 2.24) is 19.5 Å². The number of hydrogen-bond acceptors (Lipinski definition) is 5. The zero-order valence-electron chi connectivity index (χ0n) is 10.3. The van der Waals surface area contributed by atoms with Gasteiger partial charge in [-0.25, -0.2) is 14.3 Å². The van der Waals surface area contributed by atoms with Gasteiger partial charge in [0.15, 0.2) is 5.65 Å². The summed E-state index contributed by atoms with van der Waals surface area (Å²) in [7, 11) is -4.59. The van der Waals surface area contributed by atoms with Gasteiger partial charge in [0.2, 0.25) is 0 Å². The minimum atomic E-state index is -4.59. The number of nitrogens with one attached hydrogen (secondary N) is 2. The van der Waals surface area contributed by atoms with Crippen LogP contribution in [0.25, 0.3) is 16.9 Å². The molecule has 0 atom stereocenters. The number of rotatable bonds is 2. The summed E-state index contributed by atoms with van der Waals surface area (Å²) >= 11 is 0. The van der Waals surface area contributed by atoms with Crippen LogP contribution in [-0.2, 0) is 10.1 Å². The van der Waals surface area contributed by atoms with Crippen molar-refractivity contribution in [2.24, 2.45) is 0 Å². The summed E-state index contributed by atoms with van der Waals surface area (Å²) in [4.78, 5) is 32.4. The molecular formula is C11H8N4O5S. The molecule has 3 N–H and O–H groups in total. The van der Waals surface area contributed by atoms with Gasteiger partial charge in [-0.1, -0.05) is 12.1 Å². The lowest BCUT2D eigenvalue weighted by Crippen LogP contribution is -2.34. The van der Waals surface area contributed by atoms with Crippen LogP contribution in [0.1, 0.15) is 0 Å². The van der Waals surface area contributed by atoms with Gasteiger partial charge in [-0.15, -0.1) is 0 Å². The average Bonchev–Trinajstić information content (AvgIpc) is 2.86. The Morgan fingerprint density at radius 2 is 1.90 bits per heavy atom. The maximum absolute atomic E-state index is 12.3. The molecule has 2 heterocycles. The van der Waals surface area contributed by atoms with E-state index in [2.05, 4.69) is 15.0 Å². The Morgan fingerprint density at radius 1 is 1.19 bits per heavy atom. The van der Waals surface area contributed by atoms with E-state index in [0.717, 1.165) is 6.07 Å². The van der Waals surface area contributed by atoms with Crippen molar-refractivity contribution in [1.29, 1.82) is 0 Å². The minimum Gasteiger partial charge on any atom is -0.339 e. The summed E-state index contributed by atoms with van der Waals surface area (Å²) in [6.45, 7) is 0. The molecule has 0 unspecified atom stereocenters. The molecule has 0 aliphatic heterocycles. The van der Waals surface area contributed by atoms with Crippen molar-refractivity contribution < 1.29 is 13.0 Å². The van der Waals surface area contributed by atoms with Crippen molar-refractivity contribution in [2.75, 3.05) is 0 Å². The standard InChI is InChI=1S/C11H8N4O5S/c16-10-8-9(13-5-12-8)14-11(17)15(10)6-3-1-2-4-7(6)21(18,19)20/h1-5H,(H,12,13)(H,14,17)(H,18,19,20). The van der Waals surface area contributed by atoms with Gasteiger partial charge in [-0.05, 0) is 12.1 Å². The predicted molar refractivity (Wildman–Crippen MR) is 72.1 cm³/mol. The number of hydrogen-bond donors (Lipinski definition) is 3. The maximum Gasteiger partial charge on any atom is 0.334 e. The SMILES string of the molecule is O=c1[nH]c2nc[nH]c2c(=O)n1-c1ccccc1S(=O)(=O)O. The largest absolute Gasteiger partial charge is 0.339 e. The average molecular weight is 308 g/mol. The molecule has 0 spiro atoms. The monoisotopic (exact) mass is 308 g/mol. The summed E-state index contributed by atoms with van der Waals surface area (Å²) in [5.74, 6) is 0. The van der Waals surface area contributed by atoms with E-state index in [0.29, 0.717) is 4.57 Å². The summed E-state index contributed by atoms with van der Waals surface area (Å²) < 4.78 is 32.6. The summed E-state index contributed by atoms with van der Waals surface area (Å²) in [5, 5.41) is 0. The highest BCUT2D eigenvalue weighted by atomic mass is 32.2. The third-order valence-electron chi connectivity index (χ3n) is 2.87. The highest BCUT2D eigenvalue weighted by molar-refractivity contribution is 7.86. The Morgan fingerprint density at radius 3 is 2.62 bits per heavy atom. The number of fused-ring (bicyclic) bond motifs is 1. The van der Waals surface area contributed by atoms with Gasteiger partial charge in [0.1, 0.15) is 10.4 Å². The van der Waals surface area contributed by atoms with Crippen LogP contribution in [0.15, 0.2) is 45.1 Å². The number of aromatic nitrogens is 4. The first-order valence-corrected chi connectivity index (χ1v) is 7.09. The van der Waals surface area contributed by atoms with Crippen LogP contribution in [0, 0.1) is 0 Å². The van der Waals surface area contributed by atoms with Gasteiger partial charge >= 0.3 is 5.69 Å². The topological polar surface area (TPSA) is 138 Å². The van der Waals surface area contributed by atoms with E-state index < -0.39 is 26.3 Å². The first-order chi connectivity index (χ1) is 9.89. The van der Waals surface area contributed by atoms with Crippen LogP contribution in [-0.4, -0.2) is 32.5 Å². The lowest BCUT2D eigenvalue weighted by atomic mass is 10.3. The highest BCUT2D eigenvalue weighted by Crippen LogP contribution is 2.17. The van der Waals surface area contributed by atoms with Crippen molar-refractivity contribution >= 4 is 21.3 Å². The Hall–Kier alpha value is -2.72. The molecular weight excluding hydrogens is 300 g/mol. The molecule has 3 rings (SSSR count). The van der Waals surface area contributed by atoms with E-state index in [-0.39, 0.29) is 16.9 Å². The third-order valence-corrected chi connectivity index (χ3v) is 3.77. The highest BCUT2D eigenvalue weighted by Gasteiger charge is 2.20. The van der Waals surface area contributed by atoms with Crippen molar-refractivity contribution in [2.45, 2.75) is 4.90 Å². The van der Waals surface area contributed by atoms with E-state index in [4.69, 9.17) is 0 Å². The molecule has 0 bridgehead atoms. The molecule has 21 heavy (non-hydrogen) atoms. The fourth-order valence-corrected chi connectivity index (χ4v) is 2.67. The molecule has 0 amide bonds. The first kappa shape index (κ1) is 13.3. The Bertz CT molecular complexity index is 1060. The maximum atomic E-state index is 12.3. The van der Waals surface area contributed by atoms with Crippen molar-refractivity contribution in [3.63, 3.8) is 0 Å². The van der Waals surface area contributed by atoms with Gasteiger partial charge in [-0.2, -0.15) is 8.42 Å². The second kappa shape index (κ2) is 4.40. The normalized spacial score (nSPS) is 11.9. The molecule has 10 heteroatoms. The number of imidazole rings is 1. The molecule has 9 nitrogen and oxygen atoms in total. The van der Waals surface area contributed by atoms with E-state index in [9.17, 15) is 22.6 Å². The van der Waals surface area contributed by atoms with E-state index in [1.807, 2.05) is 0 Å². The molecule has 0 radical (unpaired) electrons. The van der Waals surface area contributed by atoms with Crippen LogP contribution in [0.5, 0.6) is 0 Å². The lowest BCUT2D eigenvalue weighted by molar-refractivity contribution is 0.482. The van der Waals surface area contributed by atoms with Crippen LogP contribution in [0.2, 0.25) is 0 Å². The number of nitrogens with zero attached hydrogens (tertiary/aromatic N) is 2. The van der Waals surface area contributed by atoms with Crippen LogP contribution < -0.4 is 11.2 Å². The summed E-state index contributed by atoms with van der Waals surface area (Å²) in [6, 6.07) is 5.13. The Kier molecular flexibility index (Phi) is 2.78. The fraction of sp³-hybridized carbons (Fsp3) is 0. The molecule has 0 saturated heterocycles. The number of H-pyrrole nitrogens is 2. The molecule has 0 fully saturated rings. The molecule has 1 aromatic carbocycles. The second-order valence-corrected chi connectivity index (χ2v) is 5.53. The van der Waals surface area contributed by atoms with Crippen LogP contribution in [0.4, 0.5) is 0 Å². The van der Waals surface area contributed by atoms with E-state index in [1.165, 1.54) is 24.5 Å². The van der Waals surface area contributed by atoms with Gasteiger partial charge in [0.05, 0.1) is 12.0 Å². The minimum absolute atomic E-state index is 0.0136. The molecule has 3 aromatic rings. The number of para-hydroxylation sites is 1. The van der Waals surface area contributed by atoms with Gasteiger partial charge in [-0.3, -0.25) is 14.3 Å². The second-order valence-electron chi connectivity index (χ2n) is 4.14.